The van der Waals surface area contributed by atoms with Gasteiger partial charge >= 0.3 is 5.97 Å². The van der Waals surface area contributed by atoms with Crippen molar-refractivity contribution in [3.05, 3.63) is 35.4 Å². The summed E-state index contributed by atoms with van der Waals surface area (Å²) in [7, 11) is 1.38. The summed E-state index contributed by atoms with van der Waals surface area (Å²) in [5.41, 5.74) is 1.57. The third kappa shape index (κ3) is 2.40. The molecule has 1 atom stereocenters. The molecule has 0 radical (unpaired) electrons. The molecule has 0 spiro atoms. The van der Waals surface area contributed by atoms with E-state index in [0.29, 0.717) is 12.2 Å². The highest BCUT2D eigenvalue weighted by Crippen LogP contribution is 2.19. The maximum absolute atomic E-state index is 11.4. The van der Waals surface area contributed by atoms with Crippen molar-refractivity contribution >= 4 is 5.97 Å². The molecule has 0 amide bonds. The summed E-state index contributed by atoms with van der Waals surface area (Å²) in [4.78, 5) is 11.4. The normalized spacial score (nSPS) is 20.4. The van der Waals surface area contributed by atoms with Crippen LogP contribution in [0.15, 0.2) is 24.3 Å². The third-order valence-corrected chi connectivity index (χ3v) is 2.61. The molecule has 1 N–H and O–H groups in total. The van der Waals surface area contributed by atoms with Gasteiger partial charge < -0.3 is 14.8 Å². The Morgan fingerprint density at radius 2 is 2.44 bits per heavy atom. The first-order chi connectivity index (χ1) is 7.81. The Labute approximate surface area is 94.6 Å². The molecular formula is C12H15NO3. The molecule has 1 unspecified atom stereocenters. The van der Waals surface area contributed by atoms with Gasteiger partial charge in [-0.2, -0.15) is 0 Å². The van der Waals surface area contributed by atoms with E-state index >= 15 is 0 Å². The molecule has 0 aromatic heterocycles. The van der Waals surface area contributed by atoms with Crippen LogP contribution >= 0.6 is 0 Å². The van der Waals surface area contributed by atoms with Crippen LogP contribution in [0.25, 0.3) is 0 Å². The van der Waals surface area contributed by atoms with Crippen LogP contribution in [0.4, 0.5) is 0 Å². The van der Waals surface area contributed by atoms with Gasteiger partial charge in [-0.1, -0.05) is 12.1 Å². The Kier molecular flexibility index (Phi) is 3.54. The number of ether oxygens (including phenoxy) is 2. The van der Waals surface area contributed by atoms with Crippen molar-refractivity contribution in [1.29, 1.82) is 0 Å². The first-order valence-corrected chi connectivity index (χ1v) is 5.32. The Bertz CT molecular complexity index is 372. The van der Waals surface area contributed by atoms with Gasteiger partial charge in [0, 0.05) is 13.1 Å². The Hall–Kier alpha value is -1.39. The van der Waals surface area contributed by atoms with Gasteiger partial charge in [-0.15, -0.1) is 0 Å². The SMILES string of the molecule is COC(=O)c1cccc(C2CNCCO2)c1. The number of carbonyl (C=O) groups excluding carboxylic acids is 1. The second kappa shape index (κ2) is 5.09. The molecule has 4 heteroatoms. The van der Waals surface area contributed by atoms with E-state index < -0.39 is 0 Å². The van der Waals surface area contributed by atoms with E-state index in [1.54, 1.807) is 6.07 Å². The van der Waals surface area contributed by atoms with Crippen LogP contribution in [0.1, 0.15) is 22.0 Å². The van der Waals surface area contributed by atoms with E-state index in [0.717, 1.165) is 18.7 Å². The summed E-state index contributed by atoms with van der Waals surface area (Å²) < 4.78 is 10.3. The van der Waals surface area contributed by atoms with Crippen LogP contribution in [0, 0.1) is 0 Å². The lowest BCUT2D eigenvalue weighted by molar-refractivity contribution is 0.0276. The molecular weight excluding hydrogens is 206 g/mol. The predicted octanol–water partition coefficient (Wildman–Crippen LogP) is 1.13. The summed E-state index contributed by atoms with van der Waals surface area (Å²) in [6.45, 7) is 2.37. The van der Waals surface area contributed by atoms with Crippen molar-refractivity contribution in [1.82, 2.24) is 5.32 Å². The molecule has 1 fully saturated rings. The van der Waals surface area contributed by atoms with E-state index in [1.165, 1.54) is 7.11 Å². The standard InChI is InChI=1S/C12H15NO3/c1-15-12(14)10-4-2-3-9(7-10)11-8-13-5-6-16-11/h2-4,7,11,13H,5-6,8H2,1H3. The Morgan fingerprint density at radius 1 is 1.56 bits per heavy atom. The molecule has 1 aromatic carbocycles. The van der Waals surface area contributed by atoms with Crippen LogP contribution in [-0.2, 0) is 9.47 Å². The summed E-state index contributed by atoms with van der Waals surface area (Å²) in [6.07, 6.45) is 0.0263. The molecule has 4 nitrogen and oxygen atoms in total. The summed E-state index contributed by atoms with van der Waals surface area (Å²) in [5, 5.41) is 3.25. The molecule has 0 bridgehead atoms. The van der Waals surface area contributed by atoms with Crippen LogP contribution < -0.4 is 5.32 Å². The lowest BCUT2D eigenvalue weighted by Crippen LogP contribution is -2.33. The monoisotopic (exact) mass is 221 g/mol. The summed E-state index contributed by atoms with van der Waals surface area (Å²) in [5.74, 6) is -0.314. The number of morpholine rings is 1. The summed E-state index contributed by atoms with van der Waals surface area (Å²) >= 11 is 0. The maximum atomic E-state index is 11.4. The number of hydrogen-bond acceptors (Lipinski definition) is 4. The van der Waals surface area contributed by atoms with Crippen molar-refractivity contribution in [2.24, 2.45) is 0 Å². The molecule has 0 aliphatic carbocycles. The minimum Gasteiger partial charge on any atom is -0.465 e. The van der Waals surface area contributed by atoms with Gasteiger partial charge in [-0.05, 0) is 17.7 Å². The number of esters is 1. The lowest BCUT2D eigenvalue weighted by atomic mass is 10.1. The smallest absolute Gasteiger partial charge is 0.337 e. The molecule has 1 aliphatic heterocycles. The fourth-order valence-corrected chi connectivity index (χ4v) is 1.76. The van der Waals surface area contributed by atoms with E-state index in [-0.39, 0.29) is 12.1 Å². The van der Waals surface area contributed by atoms with Gasteiger partial charge in [0.1, 0.15) is 0 Å². The summed E-state index contributed by atoms with van der Waals surface area (Å²) in [6, 6.07) is 7.37. The molecule has 1 aromatic rings. The van der Waals surface area contributed by atoms with Gasteiger partial charge in [0.05, 0.1) is 25.4 Å². The van der Waals surface area contributed by atoms with Gasteiger partial charge in [0.25, 0.3) is 0 Å². The fourth-order valence-electron chi connectivity index (χ4n) is 1.76. The Balaban J connectivity index is 2.17. The van der Waals surface area contributed by atoms with E-state index in [4.69, 9.17) is 4.74 Å². The minimum atomic E-state index is -0.314. The molecule has 2 rings (SSSR count). The third-order valence-electron chi connectivity index (χ3n) is 2.61. The van der Waals surface area contributed by atoms with E-state index in [2.05, 4.69) is 10.1 Å². The van der Waals surface area contributed by atoms with Gasteiger partial charge in [0.15, 0.2) is 0 Å². The number of rotatable bonds is 2. The van der Waals surface area contributed by atoms with Crippen molar-refractivity contribution in [2.45, 2.75) is 6.10 Å². The van der Waals surface area contributed by atoms with Gasteiger partial charge in [-0.25, -0.2) is 4.79 Å². The van der Waals surface area contributed by atoms with E-state index in [1.807, 2.05) is 18.2 Å². The van der Waals surface area contributed by atoms with E-state index in [9.17, 15) is 4.79 Å². The average molecular weight is 221 g/mol. The first-order valence-electron chi connectivity index (χ1n) is 5.32. The van der Waals surface area contributed by atoms with Crippen molar-refractivity contribution in [3.8, 4) is 0 Å². The minimum absolute atomic E-state index is 0.0263. The highest BCUT2D eigenvalue weighted by molar-refractivity contribution is 5.89. The second-order valence-electron chi connectivity index (χ2n) is 3.68. The number of carbonyl (C=O) groups is 1. The van der Waals surface area contributed by atoms with Crippen molar-refractivity contribution in [3.63, 3.8) is 0 Å². The van der Waals surface area contributed by atoms with Crippen LogP contribution in [0.5, 0.6) is 0 Å². The van der Waals surface area contributed by atoms with Gasteiger partial charge in [-0.3, -0.25) is 0 Å². The van der Waals surface area contributed by atoms with Crippen LogP contribution in [-0.4, -0.2) is 32.8 Å². The Morgan fingerprint density at radius 3 is 3.12 bits per heavy atom. The zero-order chi connectivity index (χ0) is 11.4. The predicted molar refractivity (Wildman–Crippen MR) is 59.3 cm³/mol. The number of nitrogens with one attached hydrogen (secondary N) is 1. The van der Waals surface area contributed by atoms with Crippen molar-refractivity contribution in [2.75, 3.05) is 26.8 Å². The average Bonchev–Trinajstić information content (AvgIpc) is 2.39. The van der Waals surface area contributed by atoms with Crippen molar-refractivity contribution < 1.29 is 14.3 Å². The highest BCUT2D eigenvalue weighted by atomic mass is 16.5. The lowest BCUT2D eigenvalue weighted by Gasteiger charge is -2.24. The topological polar surface area (TPSA) is 47.6 Å². The molecule has 0 saturated carbocycles. The number of hydrogen-bond donors (Lipinski definition) is 1. The zero-order valence-electron chi connectivity index (χ0n) is 9.23. The molecule has 1 heterocycles. The quantitative estimate of drug-likeness (QED) is 0.761. The highest BCUT2D eigenvalue weighted by Gasteiger charge is 2.16. The largest absolute Gasteiger partial charge is 0.465 e. The number of benzene rings is 1. The maximum Gasteiger partial charge on any atom is 0.337 e. The van der Waals surface area contributed by atoms with Gasteiger partial charge in [0.2, 0.25) is 0 Å². The second-order valence-corrected chi connectivity index (χ2v) is 3.68. The van der Waals surface area contributed by atoms with Crippen LogP contribution in [0.3, 0.4) is 0 Å². The number of methoxy groups -OCH3 is 1. The zero-order valence-corrected chi connectivity index (χ0v) is 9.23. The van der Waals surface area contributed by atoms with Crippen LogP contribution in [0.2, 0.25) is 0 Å². The molecule has 1 aliphatic rings. The molecule has 16 heavy (non-hydrogen) atoms. The fraction of sp³-hybridized carbons (Fsp3) is 0.417. The molecule has 1 saturated heterocycles. The molecule has 86 valence electrons. The first kappa shape index (κ1) is 11.1.